The van der Waals surface area contributed by atoms with Crippen LogP contribution in [-0.4, -0.2) is 9.97 Å². The van der Waals surface area contributed by atoms with E-state index in [0.717, 1.165) is 16.9 Å². The third-order valence-corrected chi connectivity index (χ3v) is 3.38. The molecule has 0 saturated carbocycles. The van der Waals surface area contributed by atoms with Crippen LogP contribution in [0, 0.1) is 10.7 Å². The molecule has 0 spiro atoms. The molecule has 6 heteroatoms. The van der Waals surface area contributed by atoms with Crippen molar-refractivity contribution in [2.24, 2.45) is 5.18 Å². The molecule has 3 aromatic rings. The van der Waals surface area contributed by atoms with E-state index in [1.54, 1.807) is 48.8 Å². The first-order valence-corrected chi connectivity index (χ1v) is 6.97. The molecule has 0 bridgehead atoms. The van der Waals surface area contributed by atoms with E-state index in [1.165, 1.54) is 18.5 Å². The molecule has 0 saturated heterocycles. The number of halogens is 1. The zero-order valence-corrected chi connectivity index (χ0v) is 12.1. The minimum Gasteiger partial charge on any atom is -0.334 e. The summed E-state index contributed by atoms with van der Waals surface area (Å²) in [7, 11) is 0. The maximum Gasteiger partial charge on any atom is 0.123 e. The first-order valence-electron chi connectivity index (χ1n) is 6.97. The van der Waals surface area contributed by atoms with Crippen molar-refractivity contribution in [3.8, 4) is 0 Å². The Morgan fingerprint density at radius 2 is 1.57 bits per heavy atom. The molecular weight excluding hydrogens is 295 g/mol. The summed E-state index contributed by atoms with van der Waals surface area (Å²) in [5.74, 6) is -0.273. The minimum atomic E-state index is -0.273. The van der Waals surface area contributed by atoms with Crippen molar-refractivity contribution >= 4 is 17.1 Å². The van der Waals surface area contributed by atoms with Crippen LogP contribution in [0.4, 0.5) is 21.5 Å². The highest BCUT2D eigenvalue weighted by atomic mass is 19.1. The lowest BCUT2D eigenvalue weighted by molar-refractivity contribution is 0.627. The molecule has 0 amide bonds. The lowest BCUT2D eigenvalue weighted by Crippen LogP contribution is -2.16. The van der Waals surface area contributed by atoms with Crippen molar-refractivity contribution < 1.29 is 4.39 Å². The van der Waals surface area contributed by atoms with E-state index in [4.69, 9.17) is 0 Å². The van der Waals surface area contributed by atoms with Gasteiger partial charge in [-0.3, -0.25) is 0 Å². The van der Waals surface area contributed by atoms with Crippen LogP contribution in [0.2, 0.25) is 0 Å². The van der Waals surface area contributed by atoms with Gasteiger partial charge in [-0.2, -0.15) is 0 Å². The van der Waals surface area contributed by atoms with E-state index in [9.17, 15) is 9.30 Å². The fourth-order valence-electron chi connectivity index (χ4n) is 2.23. The molecule has 114 valence electrons. The van der Waals surface area contributed by atoms with Gasteiger partial charge in [0.15, 0.2) is 0 Å². The van der Waals surface area contributed by atoms with E-state index in [1.807, 2.05) is 4.90 Å². The lowest BCUT2D eigenvalue weighted by Gasteiger charge is -2.24. The summed E-state index contributed by atoms with van der Waals surface area (Å²) in [5, 5.41) is 2.90. The van der Waals surface area contributed by atoms with E-state index >= 15 is 0 Å². The molecule has 3 rings (SSSR count). The Morgan fingerprint density at radius 1 is 0.913 bits per heavy atom. The largest absolute Gasteiger partial charge is 0.334 e. The highest BCUT2D eigenvalue weighted by molar-refractivity contribution is 5.63. The Bertz CT molecular complexity index is 776. The zero-order chi connectivity index (χ0) is 16.1. The molecule has 0 fully saturated rings. The third kappa shape index (κ3) is 3.55. The minimum absolute atomic E-state index is 0.273. The summed E-state index contributed by atoms with van der Waals surface area (Å²) in [6, 6.07) is 13.2. The highest BCUT2D eigenvalue weighted by Crippen LogP contribution is 2.28. The van der Waals surface area contributed by atoms with E-state index in [0.29, 0.717) is 12.2 Å². The van der Waals surface area contributed by atoms with Crippen molar-refractivity contribution in [2.75, 3.05) is 4.90 Å². The normalized spacial score (nSPS) is 10.3. The van der Waals surface area contributed by atoms with E-state index in [-0.39, 0.29) is 5.82 Å². The van der Waals surface area contributed by atoms with E-state index < -0.39 is 0 Å². The average Bonchev–Trinajstić information content (AvgIpc) is 2.62. The van der Waals surface area contributed by atoms with Crippen LogP contribution in [0.3, 0.4) is 0 Å². The number of hydrogen-bond donors (Lipinski definition) is 0. The molecule has 1 aromatic heterocycles. The quantitative estimate of drug-likeness (QED) is 0.657. The van der Waals surface area contributed by atoms with Crippen molar-refractivity contribution in [1.29, 1.82) is 0 Å². The number of aromatic nitrogens is 2. The van der Waals surface area contributed by atoms with Gasteiger partial charge >= 0.3 is 0 Å². The molecule has 0 aliphatic rings. The SMILES string of the molecule is O=Nc1ccc(N(Cc2ccc(F)cc2)c2cncnc2)cc1. The number of nitroso groups, excluding NO2 is 1. The Hall–Kier alpha value is -3.15. The summed E-state index contributed by atoms with van der Waals surface area (Å²) in [4.78, 5) is 20.6. The van der Waals surface area contributed by atoms with Gasteiger partial charge in [0.1, 0.15) is 17.8 Å². The fourth-order valence-corrected chi connectivity index (χ4v) is 2.23. The first kappa shape index (κ1) is 14.8. The fraction of sp³-hybridized carbons (Fsp3) is 0.0588. The van der Waals surface area contributed by atoms with Crippen molar-refractivity contribution in [2.45, 2.75) is 6.54 Å². The number of benzene rings is 2. The van der Waals surface area contributed by atoms with Gasteiger partial charge < -0.3 is 4.90 Å². The van der Waals surface area contributed by atoms with Gasteiger partial charge in [-0.15, -0.1) is 4.91 Å². The van der Waals surface area contributed by atoms with Gasteiger partial charge in [0.05, 0.1) is 18.1 Å². The van der Waals surface area contributed by atoms with Gasteiger partial charge in [-0.25, -0.2) is 14.4 Å². The Kier molecular flexibility index (Phi) is 4.33. The number of nitrogens with zero attached hydrogens (tertiary/aromatic N) is 4. The van der Waals surface area contributed by atoms with Crippen molar-refractivity contribution in [3.63, 3.8) is 0 Å². The lowest BCUT2D eigenvalue weighted by atomic mass is 10.1. The predicted octanol–water partition coefficient (Wildman–Crippen LogP) is 4.35. The molecule has 23 heavy (non-hydrogen) atoms. The molecule has 0 aliphatic heterocycles. The van der Waals surface area contributed by atoms with Gasteiger partial charge in [0, 0.05) is 12.2 Å². The van der Waals surface area contributed by atoms with Crippen LogP contribution in [0.1, 0.15) is 5.56 Å². The summed E-state index contributed by atoms with van der Waals surface area (Å²) in [6.45, 7) is 0.515. The van der Waals surface area contributed by atoms with Crippen LogP contribution >= 0.6 is 0 Å². The molecule has 1 heterocycles. The zero-order valence-electron chi connectivity index (χ0n) is 12.1. The van der Waals surface area contributed by atoms with Crippen LogP contribution < -0.4 is 4.90 Å². The predicted molar refractivity (Wildman–Crippen MR) is 86.2 cm³/mol. The van der Waals surface area contributed by atoms with Crippen LogP contribution in [0.25, 0.3) is 0 Å². The summed E-state index contributed by atoms with van der Waals surface area (Å²) >= 11 is 0. The van der Waals surface area contributed by atoms with Crippen LogP contribution in [-0.2, 0) is 6.54 Å². The van der Waals surface area contributed by atoms with Crippen molar-refractivity contribution in [1.82, 2.24) is 9.97 Å². The maximum absolute atomic E-state index is 13.1. The van der Waals surface area contributed by atoms with Crippen LogP contribution in [0.5, 0.6) is 0 Å². The number of rotatable bonds is 5. The number of anilines is 2. The van der Waals surface area contributed by atoms with Gasteiger partial charge in [0.2, 0.25) is 0 Å². The molecule has 0 unspecified atom stereocenters. The molecule has 0 atom stereocenters. The Morgan fingerprint density at radius 3 is 2.17 bits per heavy atom. The molecule has 0 radical (unpaired) electrons. The van der Waals surface area contributed by atoms with Gasteiger partial charge in [0.25, 0.3) is 0 Å². The summed E-state index contributed by atoms with van der Waals surface area (Å²) < 4.78 is 13.1. The van der Waals surface area contributed by atoms with Gasteiger partial charge in [-0.05, 0) is 47.1 Å². The smallest absolute Gasteiger partial charge is 0.123 e. The average molecular weight is 308 g/mol. The molecule has 2 aromatic carbocycles. The molecule has 5 nitrogen and oxygen atoms in total. The third-order valence-electron chi connectivity index (χ3n) is 3.38. The van der Waals surface area contributed by atoms with Crippen molar-refractivity contribution in [3.05, 3.63) is 83.5 Å². The van der Waals surface area contributed by atoms with Crippen LogP contribution in [0.15, 0.2) is 72.4 Å². The topological polar surface area (TPSA) is 58.5 Å². The van der Waals surface area contributed by atoms with E-state index in [2.05, 4.69) is 15.1 Å². The second kappa shape index (κ2) is 6.74. The standard InChI is InChI=1S/C17H13FN4O/c18-14-3-1-13(2-4-14)11-22(17-9-19-12-20-10-17)16-7-5-15(21-23)6-8-16/h1-10,12H,11H2. The number of hydrogen-bond acceptors (Lipinski definition) is 5. The summed E-state index contributed by atoms with van der Waals surface area (Å²) in [6.07, 6.45) is 4.85. The molecular formula is C17H13FN4O. The Labute approximate surface area is 132 Å². The Balaban J connectivity index is 1.95. The molecule has 0 N–H and O–H groups in total. The first-order chi connectivity index (χ1) is 11.3. The highest BCUT2D eigenvalue weighted by Gasteiger charge is 2.11. The maximum atomic E-state index is 13.1. The summed E-state index contributed by atoms with van der Waals surface area (Å²) in [5.41, 5.74) is 2.95. The molecule has 0 aliphatic carbocycles. The monoisotopic (exact) mass is 308 g/mol. The van der Waals surface area contributed by atoms with Gasteiger partial charge in [-0.1, -0.05) is 12.1 Å². The second-order valence-corrected chi connectivity index (χ2v) is 4.92. The second-order valence-electron chi connectivity index (χ2n) is 4.92.